The number of halogens is 2. The Kier molecular flexibility index (Phi) is 4.37. The summed E-state index contributed by atoms with van der Waals surface area (Å²) in [5.41, 5.74) is 6.23. The van der Waals surface area contributed by atoms with E-state index in [0.717, 1.165) is 0 Å². The summed E-state index contributed by atoms with van der Waals surface area (Å²) in [6.45, 7) is 0. The van der Waals surface area contributed by atoms with E-state index in [1.807, 2.05) is 14.1 Å². The number of aromatic nitrogens is 1. The van der Waals surface area contributed by atoms with Crippen LogP contribution in [0.3, 0.4) is 0 Å². The molecule has 1 aromatic carbocycles. The Hall–Kier alpha value is -1.50. The zero-order valence-corrected chi connectivity index (χ0v) is 13.1. The largest absolute Gasteiger partial charge is 0.382 e. The first-order valence-corrected chi connectivity index (χ1v) is 7.15. The van der Waals surface area contributed by atoms with Crippen molar-refractivity contribution in [3.05, 3.63) is 33.1 Å². The summed E-state index contributed by atoms with van der Waals surface area (Å²) < 4.78 is 0. The van der Waals surface area contributed by atoms with Gasteiger partial charge in [0.25, 0.3) is 5.91 Å². The number of carbonyl (C=O) groups is 1. The summed E-state index contributed by atoms with van der Waals surface area (Å²) in [4.78, 5) is 18.4. The van der Waals surface area contributed by atoms with Crippen LogP contribution in [0, 0.1) is 0 Å². The molecule has 0 saturated heterocycles. The molecule has 2 rings (SSSR count). The number of rotatable bonds is 3. The number of nitrogen functional groups attached to an aromatic ring is 1. The number of benzene rings is 1. The van der Waals surface area contributed by atoms with Gasteiger partial charge < -0.3 is 16.0 Å². The minimum atomic E-state index is -0.350. The summed E-state index contributed by atoms with van der Waals surface area (Å²) in [5, 5.41) is 4.21. The van der Waals surface area contributed by atoms with E-state index in [9.17, 15) is 4.79 Å². The van der Waals surface area contributed by atoms with E-state index in [2.05, 4.69) is 10.3 Å². The SMILES string of the molecule is CN(C)c1nc(N)c(C(=O)Nc2ccc(Cl)cc2Cl)s1. The monoisotopic (exact) mass is 330 g/mol. The van der Waals surface area contributed by atoms with Crippen molar-refractivity contribution in [2.75, 3.05) is 30.0 Å². The molecule has 5 nitrogen and oxygen atoms in total. The van der Waals surface area contributed by atoms with Gasteiger partial charge in [0.05, 0.1) is 10.7 Å². The number of hydrogen-bond acceptors (Lipinski definition) is 5. The van der Waals surface area contributed by atoms with Gasteiger partial charge in [-0.25, -0.2) is 4.98 Å². The summed E-state index contributed by atoms with van der Waals surface area (Å²) in [6, 6.07) is 4.83. The third kappa shape index (κ3) is 3.15. The molecule has 106 valence electrons. The summed E-state index contributed by atoms with van der Waals surface area (Å²) in [5.74, 6) is -0.154. The fourth-order valence-corrected chi connectivity index (χ4v) is 2.70. The minimum Gasteiger partial charge on any atom is -0.382 e. The van der Waals surface area contributed by atoms with Crippen molar-refractivity contribution < 1.29 is 4.79 Å². The lowest BCUT2D eigenvalue weighted by Crippen LogP contribution is -2.12. The smallest absolute Gasteiger partial charge is 0.269 e. The summed E-state index contributed by atoms with van der Waals surface area (Å²) >= 11 is 13.0. The third-order valence-corrected chi connectivity index (χ3v) is 4.20. The van der Waals surface area contributed by atoms with Crippen LogP contribution in [0.25, 0.3) is 0 Å². The van der Waals surface area contributed by atoms with E-state index in [0.29, 0.717) is 25.7 Å². The highest BCUT2D eigenvalue weighted by Gasteiger charge is 2.18. The number of nitrogens with two attached hydrogens (primary N) is 1. The Bertz CT molecular complexity index is 657. The molecule has 0 bridgehead atoms. The predicted octanol–water partition coefficient (Wildman–Crippen LogP) is 3.35. The Morgan fingerprint density at radius 1 is 1.40 bits per heavy atom. The topological polar surface area (TPSA) is 71.2 Å². The molecule has 0 atom stereocenters. The predicted molar refractivity (Wildman–Crippen MR) is 85.3 cm³/mol. The average molecular weight is 331 g/mol. The molecule has 20 heavy (non-hydrogen) atoms. The first-order chi connectivity index (χ1) is 9.38. The Morgan fingerprint density at radius 2 is 2.10 bits per heavy atom. The van der Waals surface area contributed by atoms with Gasteiger partial charge in [0.1, 0.15) is 10.7 Å². The molecule has 0 aliphatic carbocycles. The highest BCUT2D eigenvalue weighted by Crippen LogP contribution is 2.30. The van der Waals surface area contributed by atoms with E-state index >= 15 is 0 Å². The number of thiazole rings is 1. The van der Waals surface area contributed by atoms with Crippen LogP contribution in [0.1, 0.15) is 9.67 Å². The number of carbonyl (C=O) groups excluding carboxylic acids is 1. The zero-order chi connectivity index (χ0) is 14.9. The van der Waals surface area contributed by atoms with Gasteiger partial charge in [0.15, 0.2) is 5.13 Å². The van der Waals surface area contributed by atoms with E-state index in [1.54, 1.807) is 23.1 Å². The van der Waals surface area contributed by atoms with E-state index in [-0.39, 0.29) is 11.7 Å². The molecule has 8 heteroatoms. The summed E-state index contributed by atoms with van der Waals surface area (Å²) in [7, 11) is 3.66. The Labute approximate surface area is 130 Å². The van der Waals surface area contributed by atoms with Gasteiger partial charge in [-0.05, 0) is 18.2 Å². The zero-order valence-electron chi connectivity index (χ0n) is 10.8. The van der Waals surface area contributed by atoms with Crippen molar-refractivity contribution in [2.24, 2.45) is 0 Å². The number of nitrogens with zero attached hydrogens (tertiary/aromatic N) is 2. The molecular formula is C12H12Cl2N4OS. The van der Waals surface area contributed by atoms with Gasteiger partial charge in [-0.3, -0.25) is 4.79 Å². The number of anilines is 3. The maximum Gasteiger partial charge on any atom is 0.269 e. The number of hydrogen-bond donors (Lipinski definition) is 2. The van der Waals surface area contributed by atoms with Crippen molar-refractivity contribution in [2.45, 2.75) is 0 Å². The summed E-state index contributed by atoms with van der Waals surface area (Å²) in [6.07, 6.45) is 0. The van der Waals surface area contributed by atoms with Gasteiger partial charge in [0.2, 0.25) is 0 Å². The molecule has 3 N–H and O–H groups in total. The van der Waals surface area contributed by atoms with Crippen LogP contribution in [0.15, 0.2) is 18.2 Å². The van der Waals surface area contributed by atoms with Gasteiger partial charge in [-0.2, -0.15) is 0 Å². The maximum absolute atomic E-state index is 12.2. The third-order valence-electron chi connectivity index (χ3n) is 2.41. The molecule has 1 aromatic heterocycles. The van der Waals surface area contributed by atoms with Crippen molar-refractivity contribution >= 4 is 57.1 Å². The quantitative estimate of drug-likeness (QED) is 0.905. The molecule has 1 heterocycles. The van der Waals surface area contributed by atoms with E-state index in [4.69, 9.17) is 28.9 Å². The molecular weight excluding hydrogens is 319 g/mol. The van der Waals surface area contributed by atoms with Crippen LogP contribution in [-0.2, 0) is 0 Å². The Morgan fingerprint density at radius 3 is 2.65 bits per heavy atom. The molecule has 0 aliphatic rings. The van der Waals surface area contributed by atoms with E-state index in [1.165, 1.54) is 11.3 Å². The molecule has 0 radical (unpaired) electrons. The fourth-order valence-electron chi connectivity index (χ4n) is 1.44. The fraction of sp³-hybridized carbons (Fsp3) is 0.167. The van der Waals surface area contributed by atoms with Crippen molar-refractivity contribution in [1.29, 1.82) is 0 Å². The van der Waals surface area contributed by atoms with Crippen LogP contribution < -0.4 is 16.0 Å². The lowest BCUT2D eigenvalue weighted by Gasteiger charge is -2.06. The molecule has 0 spiro atoms. The number of amides is 1. The first kappa shape index (κ1) is 14.9. The highest BCUT2D eigenvalue weighted by molar-refractivity contribution is 7.18. The molecule has 0 aliphatic heterocycles. The molecule has 0 unspecified atom stereocenters. The maximum atomic E-state index is 12.2. The van der Waals surface area contributed by atoms with Gasteiger partial charge in [0, 0.05) is 19.1 Å². The number of nitrogens with one attached hydrogen (secondary N) is 1. The van der Waals surface area contributed by atoms with Gasteiger partial charge in [-0.15, -0.1) is 0 Å². The molecule has 2 aromatic rings. The molecule has 0 fully saturated rings. The second kappa shape index (κ2) is 5.87. The van der Waals surface area contributed by atoms with Gasteiger partial charge >= 0.3 is 0 Å². The Balaban J connectivity index is 2.24. The molecule has 0 saturated carbocycles. The van der Waals surface area contributed by atoms with Crippen LogP contribution >= 0.6 is 34.5 Å². The van der Waals surface area contributed by atoms with Crippen LogP contribution in [0.4, 0.5) is 16.6 Å². The van der Waals surface area contributed by atoms with Crippen LogP contribution in [-0.4, -0.2) is 25.0 Å². The van der Waals surface area contributed by atoms with E-state index < -0.39 is 0 Å². The minimum absolute atomic E-state index is 0.196. The van der Waals surface area contributed by atoms with Crippen molar-refractivity contribution in [3.63, 3.8) is 0 Å². The second-order valence-electron chi connectivity index (χ2n) is 4.18. The van der Waals surface area contributed by atoms with Crippen molar-refractivity contribution in [3.8, 4) is 0 Å². The van der Waals surface area contributed by atoms with Crippen molar-refractivity contribution in [1.82, 2.24) is 4.98 Å². The second-order valence-corrected chi connectivity index (χ2v) is 6.00. The van der Waals surface area contributed by atoms with Crippen LogP contribution in [0.2, 0.25) is 10.0 Å². The first-order valence-electron chi connectivity index (χ1n) is 5.58. The highest BCUT2D eigenvalue weighted by atomic mass is 35.5. The van der Waals surface area contributed by atoms with Gasteiger partial charge in [-0.1, -0.05) is 34.5 Å². The normalized spacial score (nSPS) is 10.4. The standard InChI is InChI=1S/C12H12Cl2N4OS/c1-18(2)12-17-10(15)9(20-12)11(19)16-8-4-3-6(13)5-7(8)14/h3-5H,15H2,1-2H3,(H,16,19). The average Bonchev–Trinajstić information content (AvgIpc) is 2.75. The van der Waals surface area contributed by atoms with Crippen LogP contribution in [0.5, 0.6) is 0 Å². The lowest BCUT2D eigenvalue weighted by atomic mass is 10.3. The lowest BCUT2D eigenvalue weighted by molar-refractivity contribution is 0.103. The molecule has 1 amide bonds.